The van der Waals surface area contributed by atoms with Gasteiger partial charge in [-0.05, 0) is 19.3 Å². The molecule has 0 amide bonds. The molecule has 0 aliphatic rings. The van der Waals surface area contributed by atoms with Gasteiger partial charge in [-0.25, -0.2) is 0 Å². The Balaban J connectivity index is -0.000000191. The Labute approximate surface area is 107 Å². The van der Waals surface area contributed by atoms with Gasteiger partial charge in [-0.1, -0.05) is 63.1 Å². The first-order valence-corrected chi connectivity index (χ1v) is 5.64. The number of ether oxygens (including phenoxy) is 1. The van der Waals surface area contributed by atoms with Crippen LogP contribution in [0.2, 0.25) is 0 Å². The van der Waals surface area contributed by atoms with Gasteiger partial charge in [-0.15, -0.1) is 0 Å². The standard InChI is InChI=1S/C8H10.C5H12.C2H6O.H2O/c1-7-3-5-8(2)6-4-7;1-5(2,3)4;1-3-2;/h3-6H,1-2H3;1-4H3;1-2H3;1H2. The SMILES string of the molecule is CC(C)(C)C.COC.Cc1ccc(C)cc1.O. The minimum absolute atomic E-state index is 0. The fraction of sp³-hybridized carbons (Fsp3) is 0.600. The van der Waals surface area contributed by atoms with Gasteiger partial charge in [0.25, 0.3) is 0 Å². The zero-order valence-corrected chi connectivity index (χ0v) is 12.7. The van der Waals surface area contributed by atoms with E-state index in [9.17, 15) is 0 Å². The average molecular weight is 242 g/mol. The molecule has 0 radical (unpaired) electrons. The lowest BCUT2D eigenvalue weighted by Crippen LogP contribution is -1.93. The molecular weight excluding hydrogens is 212 g/mol. The van der Waals surface area contributed by atoms with Gasteiger partial charge >= 0.3 is 0 Å². The van der Waals surface area contributed by atoms with Crippen LogP contribution in [-0.4, -0.2) is 19.7 Å². The van der Waals surface area contributed by atoms with Crippen molar-refractivity contribution in [2.24, 2.45) is 5.41 Å². The summed E-state index contributed by atoms with van der Waals surface area (Å²) < 4.78 is 4.25. The van der Waals surface area contributed by atoms with Crippen molar-refractivity contribution in [3.63, 3.8) is 0 Å². The van der Waals surface area contributed by atoms with Crippen LogP contribution >= 0.6 is 0 Å². The Bertz CT molecular complexity index is 218. The summed E-state index contributed by atoms with van der Waals surface area (Å²) in [5, 5.41) is 0. The van der Waals surface area contributed by atoms with Crippen LogP contribution in [0.15, 0.2) is 24.3 Å². The minimum Gasteiger partial charge on any atom is -0.412 e. The van der Waals surface area contributed by atoms with E-state index < -0.39 is 0 Å². The topological polar surface area (TPSA) is 40.7 Å². The molecule has 2 nitrogen and oxygen atoms in total. The molecule has 102 valence electrons. The highest BCUT2D eigenvalue weighted by Gasteiger charge is 1.95. The van der Waals surface area contributed by atoms with Gasteiger partial charge in [-0.2, -0.15) is 0 Å². The smallest absolute Gasteiger partial charge is 0.0351 e. The molecule has 1 rings (SSSR count). The number of methoxy groups -OCH3 is 1. The van der Waals surface area contributed by atoms with Crippen molar-refractivity contribution in [1.82, 2.24) is 0 Å². The van der Waals surface area contributed by atoms with Crippen molar-refractivity contribution in [2.45, 2.75) is 41.5 Å². The molecule has 1 aromatic rings. The highest BCUT2D eigenvalue weighted by molar-refractivity contribution is 5.19. The van der Waals surface area contributed by atoms with Crippen molar-refractivity contribution in [2.75, 3.05) is 14.2 Å². The largest absolute Gasteiger partial charge is 0.412 e. The van der Waals surface area contributed by atoms with Gasteiger partial charge in [0.05, 0.1) is 0 Å². The molecule has 0 aromatic heterocycles. The lowest BCUT2D eigenvalue weighted by atomic mass is 10.0. The van der Waals surface area contributed by atoms with Crippen LogP contribution < -0.4 is 0 Å². The van der Waals surface area contributed by atoms with Gasteiger partial charge in [-0.3, -0.25) is 0 Å². The van der Waals surface area contributed by atoms with E-state index in [1.165, 1.54) is 11.1 Å². The summed E-state index contributed by atoms with van der Waals surface area (Å²) in [6.45, 7) is 12.9. The molecule has 17 heavy (non-hydrogen) atoms. The van der Waals surface area contributed by atoms with Crippen molar-refractivity contribution in [3.05, 3.63) is 35.4 Å². The molecule has 1 aromatic carbocycles. The normalized spacial score (nSPS) is 8.94. The van der Waals surface area contributed by atoms with Crippen LogP contribution in [0.4, 0.5) is 0 Å². The van der Waals surface area contributed by atoms with E-state index in [0.29, 0.717) is 5.41 Å². The van der Waals surface area contributed by atoms with Gasteiger partial charge in [0.2, 0.25) is 0 Å². The Morgan fingerprint density at radius 3 is 1.00 bits per heavy atom. The molecule has 0 aliphatic heterocycles. The zero-order valence-electron chi connectivity index (χ0n) is 12.7. The Hall–Kier alpha value is -0.860. The highest BCUT2D eigenvalue weighted by atomic mass is 16.4. The first-order chi connectivity index (χ1) is 7.20. The van der Waals surface area contributed by atoms with E-state index >= 15 is 0 Å². The summed E-state index contributed by atoms with van der Waals surface area (Å²) in [6, 6.07) is 8.48. The van der Waals surface area contributed by atoms with Crippen molar-refractivity contribution in [1.29, 1.82) is 0 Å². The van der Waals surface area contributed by atoms with Gasteiger partial charge in [0.15, 0.2) is 0 Å². The third kappa shape index (κ3) is 31.3. The third-order valence-electron chi connectivity index (χ3n) is 1.22. The summed E-state index contributed by atoms with van der Waals surface area (Å²) in [5.41, 5.74) is 3.16. The summed E-state index contributed by atoms with van der Waals surface area (Å²) in [4.78, 5) is 0. The second-order valence-corrected chi connectivity index (χ2v) is 5.56. The van der Waals surface area contributed by atoms with E-state index in [2.05, 4.69) is 70.5 Å². The molecule has 2 N–H and O–H groups in total. The highest BCUT2D eigenvalue weighted by Crippen LogP contribution is 2.08. The molecule has 0 saturated heterocycles. The minimum atomic E-state index is 0. The lowest BCUT2D eigenvalue weighted by molar-refractivity contribution is 0.277. The molecular formula is C15H30O2. The van der Waals surface area contributed by atoms with E-state index in [4.69, 9.17) is 0 Å². The maximum absolute atomic E-state index is 4.25. The fourth-order valence-corrected chi connectivity index (χ4v) is 0.637. The second-order valence-electron chi connectivity index (χ2n) is 5.56. The van der Waals surface area contributed by atoms with Crippen molar-refractivity contribution < 1.29 is 10.2 Å². The maximum atomic E-state index is 4.25. The predicted octanol–water partition coefficient (Wildman–Crippen LogP) is 3.79. The molecule has 0 atom stereocenters. The number of hydrogen-bond acceptors (Lipinski definition) is 1. The molecule has 0 fully saturated rings. The number of benzene rings is 1. The quantitative estimate of drug-likeness (QED) is 0.682. The maximum Gasteiger partial charge on any atom is 0.0351 e. The van der Waals surface area contributed by atoms with Crippen molar-refractivity contribution in [3.8, 4) is 0 Å². The molecule has 0 aliphatic carbocycles. The van der Waals surface area contributed by atoms with E-state index in [-0.39, 0.29) is 5.48 Å². The Kier molecular flexibility index (Phi) is 14.6. The second kappa shape index (κ2) is 11.6. The van der Waals surface area contributed by atoms with Gasteiger partial charge in [0.1, 0.15) is 0 Å². The van der Waals surface area contributed by atoms with Gasteiger partial charge < -0.3 is 10.2 Å². The number of aryl methyl sites for hydroxylation is 2. The summed E-state index contributed by atoms with van der Waals surface area (Å²) in [5.74, 6) is 0. The van der Waals surface area contributed by atoms with Crippen LogP contribution in [0.5, 0.6) is 0 Å². The monoisotopic (exact) mass is 242 g/mol. The molecule has 0 saturated carbocycles. The third-order valence-corrected chi connectivity index (χ3v) is 1.22. The number of hydrogen-bond donors (Lipinski definition) is 0. The summed E-state index contributed by atoms with van der Waals surface area (Å²) in [7, 11) is 3.25. The lowest BCUT2D eigenvalue weighted by Gasteiger charge is -2.05. The number of rotatable bonds is 0. The molecule has 0 spiro atoms. The van der Waals surface area contributed by atoms with E-state index in [1.54, 1.807) is 14.2 Å². The Morgan fingerprint density at radius 2 is 0.882 bits per heavy atom. The van der Waals surface area contributed by atoms with Crippen LogP contribution in [0.3, 0.4) is 0 Å². The summed E-state index contributed by atoms with van der Waals surface area (Å²) in [6.07, 6.45) is 0. The average Bonchev–Trinajstić information content (AvgIpc) is 2.09. The first-order valence-electron chi connectivity index (χ1n) is 5.64. The van der Waals surface area contributed by atoms with Crippen LogP contribution in [0.25, 0.3) is 0 Å². The van der Waals surface area contributed by atoms with Crippen LogP contribution in [0.1, 0.15) is 38.8 Å². The first kappa shape index (κ1) is 21.4. The van der Waals surface area contributed by atoms with Crippen LogP contribution in [-0.2, 0) is 4.74 Å². The van der Waals surface area contributed by atoms with Crippen molar-refractivity contribution >= 4 is 0 Å². The van der Waals surface area contributed by atoms with Gasteiger partial charge in [0, 0.05) is 14.2 Å². The van der Waals surface area contributed by atoms with E-state index in [0.717, 1.165) is 0 Å². The summed E-state index contributed by atoms with van der Waals surface area (Å²) >= 11 is 0. The van der Waals surface area contributed by atoms with E-state index in [1.807, 2.05) is 0 Å². The molecule has 0 unspecified atom stereocenters. The fourth-order valence-electron chi connectivity index (χ4n) is 0.637. The zero-order chi connectivity index (χ0) is 13.2. The molecule has 2 heteroatoms. The predicted molar refractivity (Wildman–Crippen MR) is 77.6 cm³/mol. The Morgan fingerprint density at radius 1 is 0.765 bits per heavy atom. The molecule has 0 bridgehead atoms. The molecule has 0 heterocycles. The van der Waals surface area contributed by atoms with Crippen LogP contribution in [0, 0.1) is 19.3 Å².